The summed E-state index contributed by atoms with van der Waals surface area (Å²) in [4.78, 5) is 12.2. The van der Waals surface area contributed by atoms with E-state index in [1.807, 2.05) is 42.5 Å². The van der Waals surface area contributed by atoms with Gasteiger partial charge in [-0.05, 0) is 42.7 Å². The molecule has 1 atom stereocenters. The lowest BCUT2D eigenvalue weighted by Gasteiger charge is -2.17. The molecular formula is C23H28BrO5PS. The summed E-state index contributed by atoms with van der Waals surface area (Å²) in [7, 11) is -2.65. The van der Waals surface area contributed by atoms with Crippen molar-refractivity contribution in [1.29, 1.82) is 0 Å². The summed E-state index contributed by atoms with van der Waals surface area (Å²) in [5.74, 6) is 0.981. The van der Waals surface area contributed by atoms with E-state index in [4.69, 9.17) is 13.8 Å². The number of rotatable bonds is 12. The van der Waals surface area contributed by atoms with Crippen LogP contribution >= 0.6 is 35.5 Å². The Hall–Kier alpha value is -1.24. The molecule has 1 N–H and O–H groups in total. The van der Waals surface area contributed by atoms with Gasteiger partial charge in [-0.3, -0.25) is 9.42 Å². The number of unbranched alkanes of at least 4 members (excludes halogenated alkanes) is 5. The van der Waals surface area contributed by atoms with Crippen molar-refractivity contribution in [2.75, 3.05) is 19.0 Å². The fourth-order valence-electron chi connectivity index (χ4n) is 3.31. The zero-order valence-electron chi connectivity index (χ0n) is 17.6. The van der Waals surface area contributed by atoms with Gasteiger partial charge in [0.2, 0.25) is 0 Å². The monoisotopic (exact) mass is 526 g/mol. The summed E-state index contributed by atoms with van der Waals surface area (Å²) in [6.07, 6.45) is 8.12. The van der Waals surface area contributed by atoms with E-state index in [1.165, 1.54) is 19.3 Å². The molecule has 168 valence electrons. The second-order valence-electron chi connectivity index (χ2n) is 7.19. The van der Waals surface area contributed by atoms with E-state index in [-0.39, 0.29) is 6.61 Å². The van der Waals surface area contributed by atoms with Gasteiger partial charge in [-0.2, -0.15) is 0 Å². The van der Waals surface area contributed by atoms with Crippen molar-refractivity contribution in [3.8, 4) is 5.75 Å². The van der Waals surface area contributed by atoms with Gasteiger partial charge in [-0.1, -0.05) is 77.6 Å². The Bertz CT molecular complexity index is 949. The van der Waals surface area contributed by atoms with Crippen LogP contribution in [0.25, 0.3) is 11.8 Å². The lowest BCUT2D eigenvalue weighted by Crippen LogP contribution is -1.99. The highest BCUT2D eigenvalue weighted by Gasteiger charge is 2.28. The molecule has 1 aliphatic heterocycles. The Kier molecular flexibility index (Phi) is 9.54. The average molecular weight is 527 g/mol. The number of fused-ring (bicyclic) bond motifs is 2. The third kappa shape index (κ3) is 7.13. The van der Waals surface area contributed by atoms with Crippen LogP contribution in [0.4, 0.5) is 0 Å². The van der Waals surface area contributed by atoms with Crippen molar-refractivity contribution in [2.24, 2.45) is 0 Å². The van der Waals surface area contributed by atoms with Crippen LogP contribution < -0.4 is 4.74 Å². The molecule has 2 aromatic rings. The fraction of sp³-hybridized carbons (Fsp3) is 0.391. The zero-order chi connectivity index (χ0) is 22.1. The summed E-state index contributed by atoms with van der Waals surface area (Å²) in [6, 6.07) is 13.4. The first-order valence-corrected chi connectivity index (χ1v) is 13.9. The van der Waals surface area contributed by atoms with Gasteiger partial charge >= 0.3 is 7.82 Å². The summed E-state index contributed by atoms with van der Waals surface area (Å²) in [6.45, 7) is 0.190. The van der Waals surface area contributed by atoms with E-state index in [0.717, 1.165) is 39.9 Å². The van der Waals surface area contributed by atoms with Gasteiger partial charge in [-0.15, -0.1) is 0 Å². The Morgan fingerprint density at radius 3 is 2.52 bits per heavy atom. The molecule has 0 aromatic heterocycles. The number of methoxy groups -OCH3 is 1. The molecular weight excluding hydrogens is 499 g/mol. The van der Waals surface area contributed by atoms with E-state index in [2.05, 4.69) is 15.9 Å². The molecule has 8 heteroatoms. The maximum absolute atomic E-state index is 12.7. The van der Waals surface area contributed by atoms with E-state index in [0.29, 0.717) is 17.1 Å². The third-order valence-electron chi connectivity index (χ3n) is 4.88. The van der Waals surface area contributed by atoms with Gasteiger partial charge in [0, 0.05) is 15.8 Å². The van der Waals surface area contributed by atoms with Crippen molar-refractivity contribution in [3.63, 3.8) is 0 Å². The molecule has 1 heterocycles. The van der Waals surface area contributed by atoms with Gasteiger partial charge in [0.1, 0.15) is 11.5 Å². The molecule has 0 saturated carbocycles. The number of phosphoric ester groups is 1. The number of alkyl halides is 1. The Balaban J connectivity index is 1.69. The first-order chi connectivity index (χ1) is 15.0. The van der Waals surface area contributed by atoms with Crippen LogP contribution in [-0.4, -0.2) is 23.9 Å². The number of phosphoric acid groups is 1. The molecule has 1 unspecified atom stereocenters. The van der Waals surface area contributed by atoms with E-state index in [1.54, 1.807) is 24.9 Å². The second-order valence-corrected chi connectivity index (χ2v) is 10.4. The predicted molar refractivity (Wildman–Crippen MR) is 130 cm³/mol. The minimum Gasteiger partial charge on any atom is -0.496 e. The van der Waals surface area contributed by atoms with E-state index < -0.39 is 7.82 Å². The number of hydrogen-bond acceptors (Lipinski definition) is 5. The van der Waals surface area contributed by atoms with Crippen LogP contribution in [0.2, 0.25) is 0 Å². The van der Waals surface area contributed by atoms with E-state index >= 15 is 0 Å². The molecule has 5 nitrogen and oxygen atoms in total. The van der Waals surface area contributed by atoms with Crippen LogP contribution in [0, 0.1) is 0 Å². The first-order valence-electron chi connectivity index (χ1n) is 10.4. The van der Waals surface area contributed by atoms with Crippen molar-refractivity contribution in [1.82, 2.24) is 0 Å². The molecule has 0 radical (unpaired) electrons. The minimum atomic E-state index is -4.26. The highest BCUT2D eigenvalue weighted by Crippen LogP contribution is 2.52. The molecule has 2 aromatic carbocycles. The maximum Gasteiger partial charge on any atom is 0.527 e. The molecule has 0 saturated heterocycles. The normalized spacial score (nSPS) is 14.6. The molecule has 0 aliphatic carbocycles. The van der Waals surface area contributed by atoms with Gasteiger partial charge in [0.25, 0.3) is 0 Å². The summed E-state index contributed by atoms with van der Waals surface area (Å²) in [5.41, 5.74) is 1.61. The molecule has 3 rings (SSSR count). The molecule has 31 heavy (non-hydrogen) atoms. The van der Waals surface area contributed by atoms with Crippen molar-refractivity contribution in [3.05, 3.63) is 53.6 Å². The van der Waals surface area contributed by atoms with E-state index in [9.17, 15) is 9.46 Å². The Labute approximate surface area is 196 Å². The molecule has 0 bridgehead atoms. The quantitative estimate of drug-likeness (QED) is 0.175. The third-order valence-corrected chi connectivity index (χ3v) is 7.59. The molecule has 0 spiro atoms. The SMILES string of the molecule is COc1cccc2c1Sc1ccccc1C=C2OP(=O)(O)OCCCCCCCCBr. The topological polar surface area (TPSA) is 65.0 Å². The zero-order valence-corrected chi connectivity index (χ0v) is 20.9. The average Bonchev–Trinajstić information content (AvgIpc) is 2.91. The molecule has 1 aliphatic rings. The number of halogens is 1. The summed E-state index contributed by atoms with van der Waals surface area (Å²) < 4.78 is 29.0. The largest absolute Gasteiger partial charge is 0.527 e. The summed E-state index contributed by atoms with van der Waals surface area (Å²) >= 11 is 4.98. The van der Waals surface area contributed by atoms with Crippen LogP contribution in [-0.2, 0) is 13.6 Å². The van der Waals surface area contributed by atoms with Crippen LogP contribution in [0.15, 0.2) is 52.3 Å². The minimum absolute atomic E-state index is 0.190. The van der Waals surface area contributed by atoms with Crippen molar-refractivity contribution >= 4 is 47.3 Å². The van der Waals surface area contributed by atoms with Gasteiger partial charge in [0.15, 0.2) is 0 Å². The highest BCUT2D eigenvalue weighted by atomic mass is 79.9. The Morgan fingerprint density at radius 2 is 1.74 bits per heavy atom. The van der Waals surface area contributed by atoms with Crippen LogP contribution in [0.3, 0.4) is 0 Å². The molecule has 0 amide bonds. The number of hydrogen-bond donors (Lipinski definition) is 1. The highest BCUT2D eigenvalue weighted by molar-refractivity contribution is 9.09. The van der Waals surface area contributed by atoms with Crippen molar-refractivity contribution in [2.45, 2.75) is 48.3 Å². The number of benzene rings is 2. The predicted octanol–water partition coefficient (Wildman–Crippen LogP) is 7.53. The second kappa shape index (κ2) is 12.1. The number of ether oxygens (including phenoxy) is 1. The van der Waals surface area contributed by atoms with Gasteiger partial charge < -0.3 is 9.26 Å². The van der Waals surface area contributed by atoms with Gasteiger partial charge in [-0.25, -0.2) is 4.57 Å². The standard InChI is InChI=1S/C23H28BrO5PS/c1-27-20-13-10-12-19-21(17-18-11-6-7-14-22(18)31-23(19)20)29-30(25,26)28-16-9-5-3-2-4-8-15-24/h6-7,10-14,17H,2-5,8-9,15-16H2,1H3,(H,25,26). The fourth-order valence-corrected chi connectivity index (χ4v) is 5.66. The van der Waals surface area contributed by atoms with Crippen LogP contribution in [0.5, 0.6) is 5.75 Å². The summed E-state index contributed by atoms with van der Waals surface area (Å²) in [5, 5.41) is 1.04. The maximum atomic E-state index is 12.7. The Morgan fingerprint density at radius 1 is 1.00 bits per heavy atom. The first kappa shape index (κ1) is 24.4. The lowest BCUT2D eigenvalue weighted by atomic mass is 10.1. The van der Waals surface area contributed by atoms with Crippen molar-refractivity contribution < 1.29 is 23.2 Å². The van der Waals surface area contributed by atoms with Gasteiger partial charge in [0.05, 0.1) is 18.6 Å². The van der Waals surface area contributed by atoms with Crippen LogP contribution in [0.1, 0.15) is 49.7 Å². The molecule has 0 fully saturated rings. The smallest absolute Gasteiger partial charge is 0.496 e. The lowest BCUT2D eigenvalue weighted by molar-refractivity contribution is 0.191.